The molecule has 0 radical (unpaired) electrons. The van der Waals surface area contributed by atoms with Gasteiger partial charge in [0.25, 0.3) is 0 Å². The molecule has 0 bridgehead atoms. The lowest BCUT2D eigenvalue weighted by Crippen LogP contribution is -2.55. The van der Waals surface area contributed by atoms with Crippen LogP contribution in [0.4, 0.5) is 0 Å². The predicted octanol–water partition coefficient (Wildman–Crippen LogP) is 2.38. The van der Waals surface area contributed by atoms with E-state index in [9.17, 15) is 4.79 Å². The molecule has 3 heterocycles. The second-order valence-electron chi connectivity index (χ2n) is 5.92. The Hall–Kier alpha value is -0.870. The molecular weight excluding hydrogens is 256 g/mol. The van der Waals surface area contributed by atoms with Crippen molar-refractivity contribution >= 4 is 17.2 Å². The van der Waals surface area contributed by atoms with Gasteiger partial charge < -0.3 is 4.90 Å². The van der Waals surface area contributed by atoms with Crippen molar-refractivity contribution in [3.8, 4) is 0 Å². The Kier molecular flexibility index (Phi) is 3.63. The van der Waals surface area contributed by atoms with Crippen LogP contribution in [-0.4, -0.2) is 47.9 Å². The van der Waals surface area contributed by atoms with Crippen LogP contribution in [0, 0.1) is 0 Å². The first kappa shape index (κ1) is 13.1. The summed E-state index contributed by atoms with van der Waals surface area (Å²) in [5.74, 6) is 0.307. The number of amides is 1. The molecule has 104 valence electrons. The lowest BCUT2D eigenvalue weighted by molar-refractivity contribution is -0.134. The minimum Gasteiger partial charge on any atom is -0.341 e. The average molecular weight is 278 g/mol. The quantitative estimate of drug-likeness (QED) is 0.829. The van der Waals surface area contributed by atoms with E-state index in [-0.39, 0.29) is 5.54 Å². The molecule has 0 saturated carbocycles. The van der Waals surface area contributed by atoms with E-state index >= 15 is 0 Å². The van der Waals surface area contributed by atoms with E-state index in [4.69, 9.17) is 0 Å². The second kappa shape index (κ2) is 5.25. The molecule has 1 amide bonds. The summed E-state index contributed by atoms with van der Waals surface area (Å²) in [7, 11) is 2.22. The first-order valence-electron chi connectivity index (χ1n) is 7.21. The Morgan fingerprint density at radius 1 is 1.37 bits per heavy atom. The Bertz CT molecular complexity index is 445. The van der Waals surface area contributed by atoms with Crippen molar-refractivity contribution in [2.45, 2.75) is 37.6 Å². The number of likely N-dealkylation sites (tertiary alicyclic amines) is 2. The summed E-state index contributed by atoms with van der Waals surface area (Å²) >= 11 is 1.68. The van der Waals surface area contributed by atoms with E-state index in [1.165, 1.54) is 30.7 Å². The third kappa shape index (κ3) is 2.56. The van der Waals surface area contributed by atoms with Crippen LogP contribution in [-0.2, 0) is 11.2 Å². The highest BCUT2D eigenvalue weighted by Crippen LogP contribution is 2.36. The van der Waals surface area contributed by atoms with Crippen LogP contribution >= 0.6 is 11.3 Å². The van der Waals surface area contributed by atoms with Crippen molar-refractivity contribution in [1.29, 1.82) is 0 Å². The number of carbonyl (C=O) groups excluding carboxylic acids is 1. The van der Waals surface area contributed by atoms with Crippen LogP contribution in [0.5, 0.6) is 0 Å². The highest BCUT2D eigenvalue weighted by Gasteiger charge is 2.42. The van der Waals surface area contributed by atoms with E-state index < -0.39 is 0 Å². The van der Waals surface area contributed by atoms with Crippen LogP contribution in [0.25, 0.3) is 0 Å². The van der Waals surface area contributed by atoms with Crippen molar-refractivity contribution < 1.29 is 4.79 Å². The molecule has 0 aliphatic carbocycles. The number of piperidine rings is 1. The van der Waals surface area contributed by atoms with Gasteiger partial charge in [0.05, 0.1) is 6.42 Å². The van der Waals surface area contributed by atoms with E-state index in [2.05, 4.69) is 22.9 Å². The van der Waals surface area contributed by atoms with Gasteiger partial charge in [-0.05, 0) is 50.7 Å². The lowest BCUT2D eigenvalue weighted by Gasteiger charge is -2.44. The number of hydrogen-bond acceptors (Lipinski definition) is 3. The summed E-state index contributed by atoms with van der Waals surface area (Å²) in [5.41, 5.74) is 0.281. The zero-order chi connectivity index (χ0) is 13.3. The summed E-state index contributed by atoms with van der Waals surface area (Å²) in [6.45, 7) is 3.07. The summed E-state index contributed by atoms with van der Waals surface area (Å²) in [5, 5.41) is 2.05. The Balaban J connectivity index is 1.66. The highest BCUT2D eigenvalue weighted by atomic mass is 32.1. The number of hydrogen-bond donors (Lipinski definition) is 0. The molecule has 2 aliphatic heterocycles. The molecule has 2 saturated heterocycles. The van der Waals surface area contributed by atoms with Crippen molar-refractivity contribution in [2.24, 2.45) is 0 Å². The van der Waals surface area contributed by atoms with Gasteiger partial charge in [0.2, 0.25) is 5.91 Å². The largest absolute Gasteiger partial charge is 0.341 e. The van der Waals surface area contributed by atoms with Gasteiger partial charge in [0.1, 0.15) is 0 Å². The van der Waals surface area contributed by atoms with Gasteiger partial charge in [0.15, 0.2) is 0 Å². The first-order valence-corrected chi connectivity index (χ1v) is 8.09. The first-order chi connectivity index (χ1) is 9.20. The SMILES string of the molecule is CN1CCCC12CCCN(C(=O)Cc1cccs1)C2. The van der Waals surface area contributed by atoms with Crippen molar-refractivity contribution in [2.75, 3.05) is 26.7 Å². The molecule has 3 rings (SSSR count). The molecule has 1 spiro atoms. The molecule has 1 atom stereocenters. The van der Waals surface area contributed by atoms with E-state index in [1.807, 2.05) is 11.4 Å². The van der Waals surface area contributed by atoms with Gasteiger partial charge in [-0.25, -0.2) is 0 Å². The Morgan fingerprint density at radius 2 is 2.16 bits per heavy atom. The molecule has 0 aromatic carbocycles. The number of nitrogens with zero attached hydrogens (tertiary/aromatic N) is 2. The van der Waals surface area contributed by atoms with E-state index in [1.54, 1.807) is 11.3 Å². The summed E-state index contributed by atoms with van der Waals surface area (Å²) in [6, 6.07) is 4.08. The summed E-state index contributed by atoms with van der Waals surface area (Å²) in [4.78, 5) is 18.2. The molecule has 0 N–H and O–H groups in total. The van der Waals surface area contributed by atoms with Crippen molar-refractivity contribution in [3.63, 3.8) is 0 Å². The molecular formula is C15H22N2OS. The molecule has 19 heavy (non-hydrogen) atoms. The fourth-order valence-corrected chi connectivity index (χ4v) is 4.28. The molecule has 1 aromatic heterocycles. The highest BCUT2D eigenvalue weighted by molar-refractivity contribution is 7.10. The smallest absolute Gasteiger partial charge is 0.227 e. The van der Waals surface area contributed by atoms with Gasteiger partial charge in [-0.1, -0.05) is 6.07 Å². The standard InChI is InChI=1S/C15H22N2OS/c1-16-8-3-6-15(16)7-4-9-17(12-15)14(18)11-13-5-2-10-19-13/h2,5,10H,3-4,6-9,11-12H2,1H3. The average Bonchev–Trinajstić information content (AvgIpc) is 3.02. The van der Waals surface area contributed by atoms with Crippen LogP contribution in [0.2, 0.25) is 0 Å². The Morgan fingerprint density at radius 3 is 2.84 bits per heavy atom. The number of thiophene rings is 1. The molecule has 3 nitrogen and oxygen atoms in total. The molecule has 4 heteroatoms. The molecule has 1 unspecified atom stereocenters. The van der Waals surface area contributed by atoms with Crippen LogP contribution in [0.3, 0.4) is 0 Å². The fourth-order valence-electron chi connectivity index (χ4n) is 3.59. The van der Waals surface area contributed by atoms with Crippen molar-refractivity contribution in [1.82, 2.24) is 9.80 Å². The summed E-state index contributed by atoms with van der Waals surface area (Å²) < 4.78 is 0. The Labute approximate surface area is 119 Å². The summed E-state index contributed by atoms with van der Waals surface area (Å²) in [6.07, 6.45) is 5.53. The zero-order valence-electron chi connectivity index (χ0n) is 11.6. The predicted molar refractivity (Wildman–Crippen MR) is 78.4 cm³/mol. The van der Waals surface area contributed by atoms with Gasteiger partial charge in [-0.2, -0.15) is 0 Å². The number of rotatable bonds is 2. The van der Waals surface area contributed by atoms with Crippen molar-refractivity contribution in [3.05, 3.63) is 22.4 Å². The maximum absolute atomic E-state index is 12.4. The normalized spacial score (nSPS) is 28.2. The van der Waals surface area contributed by atoms with Gasteiger partial charge >= 0.3 is 0 Å². The van der Waals surface area contributed by atoms with Crippen LogP contribution in [0.15, 0.2) is 17.5 Å². The third-order valence-corrected chi connectivity index (χ3v) is 5.64. The zero-order valence-corrected chi connectivity index (χ0v) is 12.4. The maximum Gasteiger partial charge on any atom is 0.227 e. The molecule has 1 aromatic rings. The molecule has 2 aliphatic rings. The van der Waals surface area contributed by atoms with E-state index in [0.29, 0.717) is 12.3 Å². The lowest BCUT2D eigenvalue weighted by atomic mass is 9.86. The van der Waals surface area contributed by atoms with E-state index in [0.717, 1.165) is 19.5 Å². The van der Waals surface area contributed by atoms with Crippen LogP contribution < -0.4 is 0 Å². The third-order valence-electron chi connectivity index (χ3n) is 4.76. The topological polar surface area (TPSA) is 23.6 Å². The monoisotopic (exact) mass is 278 g/mol. The van der Waals surface area contributed by atoms with Gasteiger partial charge in [-0.3, -0.25) is 9.69 Å². The molecule has 2 fully saturated rings. The minimum absolute atomic E-state index is 0.281. The number of carbonyl (C=O) groups is 1. The van der Waals surface area contributed by atoms with Gasteiger partial charge in [0, 0.05) is 23.5 Å². The number of likely N-dealkylation sites (N-methyl/N-ethyl adjacent to an activating group) is 1. The van der Waals surface area contributed by atoms with Crippen LogP contribution in [0.1, 0.15) is 30.6 Å². The van der Waals surface area contributed by atoms with Gasteiger partial charge in [-0.15, -0.1) is 11.3 Å². The second-order valence-corrected chi connectivity index (χ2v) is 6.96. The fraction of sp³-hybridized carbons (Fsp3) is 0.667. The maximum atomic E-state index is 12.4. The minimum atomic E-state index is 0.281.